The van der Waals surface area contributed by atoms with Crippen molar-refractivity contribution < 1.29 is 27.8 Å². The number of halogens is 4. The lowest BCUT2D eigenvalue weighted by Gasteiger charge is -2.32. The molecule has 0 aliphatic carbocycles. The van der Waals surface area contributed by atoms with Gasteiger partial charge in [-0.15, -0.1) is 0 Å². The zero-order valence-electron chi connectivity index (χ0n) is 8.87. The maximum absolute atomic E-state index is 12.7. The molecule has 0 bridgehead atoms. The van der Waals surface area contributed by atoms with Gasteiger partial charge in [0, 0.05) is 5.02 Å². The lowest BCUT2D eigenvalue weighted by Crippen LogP contribution is -2.47. The second-order valence-electron chi connectivity index (χ2n) is 3.98. The van der Waals surface area contributed by atoms with E-state index in [0.29, 0.717) is 5.56 Å². The van der Waals surface area contributed by atoms with Crippen LogP contribution in [0.2, 0.25) is 5.02 Å². The second kappa shape index (κ2) is 4.35. The molecule has 0 spiro atoms. The van der Waals surface area contributed by atoms with Crippen LogP contribution in [0, 0.1) is 5.92 Å². The zero-order chi connectivity index (χ0) is 13.5. The summed E-state index contributed by atoms with van der Waals surface area (Å²) in [5, 5.41) is 9.09. The molecular weight excluding hydrogens is 273 g/mol. The summed E-state index contributed by atoms with van der Waals surface area (Å²) in [6.45, 7) is 0. The third kappa shape index (κ3) is 2.38. The Morgan fingerprint density at radius 3 is 2.67 bits per heavy atom. The molecule has 1 aliphatic rings. The molecular formula is C11H8ClF3O3. The Balaban J connectivity index is 2.41. The van der Waals surface area contributed by atoms with Gasteiger partial charge in [-0.1, -0.05) is 17.7 Å². The van der Waals surface area contributed by atoms with Crippen molar-refractivity contribution in [3.8, 4) is 5.75 Å². The largest absolute Gasteiger partial charge is 0.481 e. The fourth-order valence-electron chi connectivity index (χ4n) is 1.88. The molecule has 1 N–H and O–H groups in total. The molecule has 3 nitrogen and oxygen atoms in total. The molecule has 0 saturated heterocycles. The standard InChI is InChI=1S/C11H8ClF3O3/c12-6-2-1-5-3-7(10(16)17)9(11(13,14)15)18-8(5)4-6/h1-2,4,7,9H,3H2,(H,16,17). The second-order valence-corrected chi connectivity index (χ2v) is 4.42. The summed E-state index contributed by atoms with van der Waals surface area (Å²) in [6.07, 6.45) is -7.31. The lowest BCUT2D eigenvalue weighted by molar-refractivity contribution is -0.217. The molecule has 1 aliphatic heterocycles. The summed E-state index contributed by atoms with van der Waals surface area (Å²) in [5.41, 5.74) is 0.410. The van der Waals surface area contributed by atoms with E-state index in [1.807, 2.05) is 0 Å². The van der Waals surface area contributed by atoms with Crippen molar-refractivity contribution in [2.24, 2.45) is 5.92 Å². The summed E-state index contributed by atoms with van der Waals surface area (Å²) in [6, 6.07) is 4.21. The quantitative estimate of drug-likeness (QED) is 0.860. The van der Waals surface area contributed by atoms with E-state index < -0.39 is 24.2 Å². The van der Waals surface area contributed by atoms with E-state index in [0.717, 1.165) is 0 Å². The van der Waals surface area contributed by atoms with Crippen LogP contribution in [0.4, 0.5) is 13.2 Å². The topological polar surface area (TPSA) is 46.5 Å². The molecule has 1 aromatic rings. The summed E-state index contributed by atoms with van der Waals surface area (Å²) in [5.74, 6) is -3.18. The molecule has 18 heavy (non-hydrogen) atoms. The fraction of sp³-hybridized carbons (Fsp3) is 0.364. The summed E-state index contributed by atoms with van der Waals surface area (Å²) in [4.78, 5) is 10.9. The van der Waals surface area contributed by atoms with Crippen LogP contribution in [-0.4, -0.2) is 23.4 Å². The SMILES string of the molecule is O=C(O)C1Cc2ccc(Cl)cc2OC1C(F)(F)F. The highest BCUT2D eigenvalue weighted by molar-refractivity contribution is 6.30. The highest BCUT2D eigenvalue weighted by atomic mass is 35.5. The van der Waals surface area contributed by atoms with Gasteiger partial charge >= 0.3 is 12.1 Å². The van der Waals surface area contributed by atoms with Gasteiger partial charge in [-0.05, 0) is 24.1 Å². The Hall–Kier alpha value is -1.43. The third-order valence-corrected chi connectivity index (χ3v) is 2.96. The number of carboxylic acids is 1. The lowest BCUT2D eigenvalue weighted by atomic mass is 9.90. The van der Waals surface area contributed by atoms with E-state index in [-0.39, 0.29) is 17.2 Å². The van der Waals surface area contributed by atoms with Crippen LogP contribution >= 0.6 is 11.6 Å². The van der Waals surface area contributed by atoms with Gasteiger partial charge in [0.2, 0.25) is 6.10 Å². The minimum Gasteiger partial charge on any atom is -0.481 e. The van der Waals surface area contributed by atoms with Crippen LogP contribution in [0.5, 0.6) is 5.75 Å². The van der Waals surface area contributed by atoms with Crippen LogP contribution < -0.4 is 4.74 Å². The molecule has 1 aromatic carbocycles. The predicted molar refractivity (Wildman–Crippen MR) is 56.8 cm³/mol. The van der Waals surface area contributed by atoms with Crippen molar-refractivity contribution >= 4 is 17.6 Å². The number of carbonyl (C=O) groups is 1. The van der Waals surface area contributed by atoms with E-state index >= 15 is 0 Å². The number of rotatable bonds is 1. The number of hydrogen-bond donors (Lipinski definition) is 1. The fourth-order valence-corrected chi connectivity index (χ4v) is 2.04. The number of alkyl halides is 3. The van der Waals surface area contributed by atoms with Crippen LogP contribution in [0.3, 0.4) is 0 Å². The van der Waals surface area contributed by atoms with Gasteiger partial charge in [0.25, 0.3) is 0 Å². The van der Waals surface area contributed by atoms with E-state index in [1.54, 1.807) is 0 Å². The van der Waals surface area contributed by atoms with E-state index in [1.165, 1.54) is 18.2 Å². The molecule has 0 amide bonds. The van der Waals surface area contributed by atoms with Gasteiger partial charge in [0.1, 0.15) is 11.7 Å². The minimum absolute atomic E-state index is 0.0117. The van der Waals surface area contributed by atoms with Crippen LogP contribution in [0.25, 0.3) is 0 Å². The number of aliphatic carboxylic acids is 1. The Morgan fingerprint density at radius 1 is 1.44 bits per heavy atom. The smallest absolute Gasteiger partial charge is 0.426 e. The van der Waals surface area contributed by atoms with E-state index in [4.69, 9.17) is 21.4 Å². The third-order valence-electron chi connectivity index (χ3n) is 2.73. The summed E-state index contributed by atoms with van der Waals surface area (Å²) < 4.78 is 42.9. The van der Waals surface area contributed by atoms with Crippen molar-refractivity contribution in [3.05, 3.63) is 28.8 Å². The van der Waals surface area contributed by atoms with Crippen LogP contribution in [0.15, 0.2) is 18.2 Å². The first-order valence-corrected chi connectivity index (χ1v) is 5.41. The van der Waals surface area contributed by atoms with Gasteiger partial charge in [-0.3, -0.25) is 4.79 Å². The molecule has 7 heteroatoms. The molecule has 0 saturated carbocycles. The predicted octanol–water partition coefficient (Wildman–Crippen LogP) is 2.91. The minimum atomic E-state index is -4.73. The average molecular weight is 281 g/mol. The number of fused-ring (bicyclic) bond motifs is 1. The number of hydrogen-bond acceptors (Lipinski definition) is 2. The first-order chi connectivity index (χ1) is 8.29. The van der Waals surface area contributed by atoms with Gasteiger partial charge in [-0.25, -0.2) is 0 Å². The number of ether oxygens (including phenoxy) is 1. The molecule has 0 radical (unpaired) electrons. The first-order valence-electron chi connectivity index (χ1n) is 5.03. The molecule has 1 heterocycles. The van der Waals surface area contributed by atoms with Crippen LogP contribution in [-0.2, 0) is 11.2 Å². The van der Waals surface area contributed by atoms with Crippen molar-refractivity contribution in [2.45, 2.75) is 18.7 Å². The maximum Gasteiger partial charge on any atom is 0.426 e. The van der Waals surface area contributed by atoms with Gasteiger partial charge in [0.15, 0.2) is 0 Å². The molecule has 2 unspecified atom stereocenters. The van der Waals surface area contributed by atoms with Gasteiger partial charge in [-0.2, -0.15) is 13.2 Å². The molecule has 2 rings (SSSR count). The van der Waals surface area contributed by atoms with Gasteiger partial charge in [0.05, 0.1) is 0 Å². The Bertz CT molecular complexity index is 487. The Labute approximate surface area is 105 Å². The normalized spacial score (nSPS) is 23.1. The van der Waals surface area contributed by atoms with Crippen LogP contribution in [0.1, 0.15) is 5.56 Å². The molecule has 98 valence electrons. The summed E-state index contributed by atoms with van der Waals surface area (Å²) >= 11 is 5.66. The van der Waals surface area contributed by atoms with E-state index in [2.05, 4.69) is 0 Å². The van der Waals surface area contributed by atoms with Crippen molar-refractivity contribution in [1.82, 2.24) is 0 Å². The number of benzene rings is 1. The number of carboxylic acid groups (broad SMARTS) is 1. The highest BCUT2D eigenvalue weighted by Gasteiger charge is 2.52. The zero-order valence-corrected chi connectivity index (χ0v) is 9.63. The molecule has 0 fully saturated rings. The first kappa shape index (κ1) is 13.0. The van der Waals surface area contributed by atoms with E-state index in [9.17, 15) is 18.0 Å². The Kier molecular flexibility index (Phi) is 3.14. The Morgan fingerprint density at radius 2 is 2.11 bits per heavy atom. The monoisotopic (exact) mass is 280 g/mol. The van der Waals surface area contributed by atoms with Crippen molar-refractivity contribution in [3.63, 3.8) is 0 Å². The molecule has 0 aromatic heterocycles. The van der Waals surface area contributed by atoms with Gasteiger partial charge < -0.3 is 9.84 Å². The van der Waals surface area contributed by atoms with Crippen molar-refractivity contribution in [1.29, 1.82) is 0 Å². The average Bonchev–Trinajstić information content (AvgIpc) is 2.25. The summed E-state index contributed by atoms with van der Waals surface area (Å²) in [7, 11) is 0. The highest BCUT2D eigenvalue weighted by Crippen LogP contribution is 2.39. The maximum atomic E-state index is 12.7. The molecule has 2 atom stereocenters. The van der Waals surface area contributed by atoms with Crippen molar-refractivity contribution in [2.75, 3.05) is 0 Å².